The SMILES string of the molecule is COc1cc(C)cc(C(=O)Nc2cc(C(F)(F)F)cc(C(F)(F)F)c2)c1O. The monoisotopic (exact) mass is 393 g/mol. The summed E-state index contributed by atoms with van der Waals surface area (Å²) in [7, 11) is 1.22. The second-order valence-electron chi connectivity index (χ2n) is 5.61. The van der Waals surface area contributed by atoms with Crippen molar-refractivity contribution in [2.45, 2.75) is 19.3 Å². The van der Waals surface area contributed by atoms with Crippen LogP contribution in [0.3, 0.4) is 0 Å². The molecule has 0 aliphatic heterocycles. The number of alkyl halides is 6. The fourth-order valence-corrected chi connectivity index (χ4v) is 2.30. The van der Waals surface area contributed by atoms with Gasteiger partial charge in [-0.3, -0.25) is 4.79 Å². The molecular formula is C17H13F6NO3. The van der Waals surface area contributed by atoms with Gasteiger partial charge in [0.15, 0.2) is 11.5 Å². The van der Waals surface area contributed by atoms with Gasteiger partial charge < -0.3 is 15.2 Å². The van der Waals surface area contributed by atoms with Crippen molar-refractivity contribution < 1.29 is 41.0 Å². The van der Waals surface area contributed by atoms with E-state index in [-0.39, 0.29) is 17.4 Å². The summed E-state index contributed by atoms with van der Waals surface area (Å²) in [6, 6.07) is 3.31. The average molecular weight is 393 g/mol. The van der Waals surface area contributed by atoms with Crippen LogP contribution in [0.1, 0.15) is 27.0 Å². The lowest BCUT2D eigenvalue weighted by atomic mass is 10.1. The van der Waals surface area contributed by atoms with E-state index in [1.807, 2.05) is 5.32 Å². The van der Waals surface area contributed by atoms with Crippen LogP contribution >= 0.6 is 0 Å². The second-order valence-corrected chi connectivity index (χ2v) is 5.61. The molecular weight excluding hydrogens is 380 g/mol. The Morgan fingerprint density at radius 2 is 1.48 bits per heavy atom. The van der Waals surface area contributed by atoms with Gasteiger partial charge in [-0.1, -0.05) is 0 Å². The van der Waals surface area contributed by atoms with Gasteiger partial charge in [-0.25, -0.2) is 0 Å². The predicted molar refractivity (Wildman–Crippen MR) is 83.8 cm³/mol. The molecule has 0 fully saturated rings. The molecule has 0 radical (unpaired) electrons. The van der Waals surface area contributed by atoms with E-state index < -0.39 is 40.8 Å². The number of hydrogen-bond donors (Lipinski definition) is 2. The van der Waals surface area contributed by atoms with E-state index in [0.29, 0.717) is 17.7 Å². The maximum atomic E-state index is 12.9. The number of benzene rings is 2. The van der Waals surface area contributed by atoms with Gasteiger partial charge in [0.1, 0.15) is 0 Å². The summed E-state index contributed by atoms with van der Waals surface area (Å²) >= 11 is 0. The minimum atomic E-state index is -5.05. The number of carbonyl (C=O) groups is 1. The molecule has 2 aromatic carbocycles. The topological polar surface area (TPSA) is 58.6 Å². The van der Waals surface area contributed by atoms with Crippen LogP contribution in [-0.2, 0) is 12.4 Å². The molecule has 2 rings (SSSR count). The number of aryl methyl sites for hydroxylation is 1. The number of halogens is 6. The van der Waals surface area contributed by atoms with Gasteiger partial charge in [0.2, 0.25) is 0 Å². The zero-order valence-electron chi connectivity index (χ0n) is 13.9. The molecule has 0 spiro atoms. The predicted octanol–water partition coefficient (Wildman–Crippen LogP) is 5.00. The Kier molecular flexibility index (Phi) is 5.30. The highest BCUT2D eigenvalue weighted by atomic mass is 19.4. The number of ether oxygens (including phenoxy) is 1. The molecule has 0 atom stereocenters. The van der Waals surface area contributed by atoms with Crippen LogP contribution in [0.2, 0.25) is 0 Å². The van der Waals surface area contributed by atoms with Gasteiger partial charge in [-0.2, -0.15) is 26.3 Å². The maximum absolute atomic E-state index is 12.9. The number of nitrogens with one attached hydrogen (secondary N) is 1. The van der Waals surface area contributed by atoms with Crippen LogP contribution in [0.25, 0.3) is 0 Å². The number of anilines is 1. The third-order valence-electron chi connectivity index (χ3n) is 3.53. The highest BCUT2D eigenvalue weighted by Gasteiger charge is 2.37. The lowest BCUT2D eigenvalue weighted by Gasteiger charge is -2.15. The zero-order chi connectivity index (χ0) is 20.6. The smallest absolute Gasteiger partial charge is 0.416 e. The molecule has 2 N–H and O–H groups in total. The molecule has 0 aromatic heterocycles. The lowest BCUT2D eigenvalue weighted by molar-refractivity contribution is -0.143. The minimum absolute atomic E-state index is 0.0528. The van der Waals surface area contributed by atoms with E-state index >= 15 is 0 Å². The van der Waals surface area contributed by atoms with E-state index in [1.54, 1.807) is 6.92 Å². The first kappa shape index (κ1) is 20.4. The summed E-state index contributed by atoms with van der Waals surface area (Å²) in [6.07, 6.45) is -10.1. The summed E-state index contributed by atoms with van der Waals surface area (Å²) in [5.74, 6) is -1.76. The standard InChI is InChI=1S/C17H13F6NO3/c1-8-3-12(14(25)13(4-8)27-2)15(26)24-11-6-9(16(18,19)20)5-10(7-11)17(21,22)23/h3-7,25H,1-2H3,(H,24,26). The van der Waals surface area contributed by atoms with E-state index in [2.05, 4.69) is 0 Å². The molecule has 0 heterocycles. The van der Waals surface area contributed by atoms with Crippen LogP contribution in [0, 0.1) is 6.92 Å². The number of hydrogen-bond acceptors (Lipinski definition) is 3. The Morgan fingerprint density at radius 1 is 0.963 bits per heavy atom. The second kappa shape index (κ2) is 7.01. The van der Waals surface area contributed by atoms with E-state index in [0.717, 1.165) is 0 Å². The molecule has 0 aliphatic carbocycles. The van der Waals surface area contributed by atoms with Crippen LogP contribution < -0.4 is 10.1 Å². The summed E-state index contributed by atoms with van der Waals surface area (Å²) in [5, 5.41) is 11.9. The highest BCUT2D eigenvalue weighted by Crippen LogP contribution is 2.38. The first-order valence-corrected chi connectivity index (χ1v) is 7.31. The Morgan fingerprint density at radius 3 is 1.93 bits per heavy atom. The summed E-state index contributed by atoms with van der Waals surface area (Å²) < 4.78 is 82.1. The maximum Gasteiger partial charge on any atom is 0.416 e. The van der Waals surface area contributed by atoms with Gasteiger partial charge in [0, 0.05) is 5.69 Å². The van der Waals surface area contributed by atoms with Crippen LogP contribution in [-0.4, -0.2) is 18.1 Å². The van der Waals surface area contributed by atoms with Crippen molar-refractivity contribution in [1.29, 1.82) is 0 Å². The van der Waals surface area contributed by atoms with Crippen molar-refractivity contribution >= 4 is 11.6 Å². The Labute approximate surface area is 149 Å². The normalized spacial score (nSPS) is 12.0. The van der Waals surface area contributed by atoms with E-state index in [9.17, 15) is 36.2 Å². The first-order valence-electron chi connectivity index (χ1n) is 7.31. The number of phenols is 1. The summed E-state index contributed by atoms with van der Waals surface area (Å²) in [4.78, 5) is 12.3. The number of carbonyl (C=O) groups excluding carboxylic acids is 1. The third kappa shape index (κ3) is 4.63. The van der Waals surface area contributed by atoms with Crippen molar-refractivity contribution in [3.8, 4) is 11.5 Å². The van der Waals surface area contributed by atoms with Gasteiger partial charge in [-0.15, -0.1) is 0 Å². The molecule has 0 saturated carbocycles. The number of amides is 1. The average Bonchev–Trinajstić information content (AvgIpc) is 2.54. The van der Waals surface area contributed by atoms with E-state index in [1.165, 1.54) is 19.2 Å². The first-order chi connectivity index (χ1) is 12.3. The van der Waals surface area contributed by atoms with Crippen molar-refractivity contribution in [2.75, 3.05) is 12.4 Å². The lowest BCUT2D eigenvalue weighted by Crippen LogP contribution is -2.16. The van der Waals surface area contributed by atoms with Gasteiger partial charge >= 0.3 is 12.4 Å². The van der Waals surface area contributed by atoms with Crippen LogP contribution in [0.4, 0.5) is 32.0 Å². The Hall–Kier alpha value is -2.91. The van der Waals surface area contributed by atoms with Crippen molar-refractivity contribution in [1.82, 2.24) is 0 Å². The van der Waals surface area contributed by atoms with Crippen LogP contribution in [0.5, 0.6) is 11.5 Å². The fourth-order valence-electron chi connectivity index (χ4n) is 2.30. The highest BCUT2D eigenvalue weighted by molar-refractivity contribution is 6.06. The Balaban J connectivity index is 2.48. The van der Waals surface area contributed by atoms with Crippen molar-refractivity contribution in [3.05, 3.63) is 52.6 Å². The molecule has 10 heteroatoms. The largest absolute Gasteiger partial charge is 0.504 e. The van der Waals surface area contributed by atoms with Gasteiger partial charge in [-0.05, 0) is 42.8 Å². The molecule has 1 amide bonds. The summed E-state index contributed by atoms with van der Waals surface area (Å²) in [5.41, 5.74) is -3.74. The molecule has 4 nitrogen and oxygen atoms in total. The molecule has 27 heavy (non-hydrogen) atoms. The number of rotatable bonds is 3. The third-order valence-corrected chi connectivity index (χ3v) is 3.53. The van der Waals surface area contributed by atoms with Crippen LogP contribution in [0.15, 0.2) is 30.3 Å². The van der Waals surface area contributed by atoms with Gasteiger partial charge in [0.25, 0.3) is 5.91 Å². The molecule has 2 aromatic rings. The fraction of sp³-hybridized carbons (Fsp3) is 0.235. The molecule has 0 unspecified atom stereocenters. The van der Waals surface area contributed by atoms with E-state index in [4.69, 9.17) is 4.74 Å². The Bertz CT molecular complexity index is 842. The number of aromatic hydroxyl groups is 1. The minimum Gasteiger partial charge on any atom is -0.504 e. The van der Waals surface area contributed by atoms with Crippen molar-refractivity contribution in [3.63, 3.8) is 0 Å². The summed E-state index contributed by atoms with van der Waals surface area (Å²) in [6.45, 7) is 1.56. The molecule has 146 valence electrons. The quantitative estimate of drug-likeness (QED) is 0.722. The number of methoxy groups -OCH3 is 1. The number of phenolic OH excluding ortho intramolecular Hbond substituents is 1. The van der Waals surface area contributed by atoms with Crippen molar-refractivity contribution in [2.24, 2.45) is 0 Å². The molecule has 0 bridgehead atoms. The molecule has 0 saturated heterocycles. The molecule has 0 aliphatic rings. The zero-order valence-corrected chi connectivity index (χ0v) is 13.9. The van der Waals surface area contributed by atoms with Gasteiger partial charge in [0.05, 0.1) is 23.8 Å².